The second kappa shape index (κ2) is 8.46. The monoisotopic (exact) mass is 435 g/mol. The Hall–Kier alpha value is -2.19. The molecule has 0 aliphatic heterocycles. The molecule has 0 saturated carbocycles. The third-order valence-corrected chi connectivity index (χ3v) is 4.91. The molecular weight excluding hydrogens is 421 g/mol. The van der Waals surface area contributed by atoms with E-state index in [4.69, 9.17) is 4.42 Å². The van der Waals surface area contributed by atoms with Crippen LogP contribution in [0.2, 0.25) is 0 Å². The topological polar surface area (TPSA) is 59.2 Å². The van der Waals surface area contributed by atoms with Crippen LogP contribution >= 0.6 is 27.7 Å². The molecule has 0 unspecified atom stereocenters. The van der Waals surface area contributed by atoms with Crippen molar-refractivity contribution >= 4 is 33.6 Å². The average Bonchev–Trinajstić information content (AvgIpc) is 3.11. The summed E-state index contributed by atoms with van der Waals surface area (Å²) in [5.41, 5.74) is 1.68. The van der Waals surface area contributed by atoms with E-state index in [0.717, 1.165) is 10.0 Å². The Labute approximate surface area is 162 Å². The number of aromatic nitrogens is 2. The molecule has 0 aliphatic rings. The molecule has 3 rings (SSSR count). The molecule has 0 fully saturated rings. The first-order valence-corrected chi connectivity index (χ1v) is 9.50. The van der Waals surface area contributed by atoms with Gasteiger partial charge in [0.05, 0.1) is 5.75 Å². The maximum Gasteiger partial charge on any atom is 0.277 e. The predicted molar refractivity (Wildman–Crippen MR) is 101 cm³/mol. The first kappa shape index (κ1) is 18.6. The highest BCUT2D eigenvalue weighted by Gasteiger charge is 2.14. The standard InChI is InChI=1S/C18H15BrFN3O2S/c1-23(10-12-2-6-14(19)7-3-12)16(24)11-26-18-22-21-17(25-18)13-4-8-15(20)9-5-13/h2-9H,10-11H2,1H3. The van der Waals surface area contributed by atoms with Crippen molar-refractivity contribution in [3.63, 3.8) is 0 Å². The van der Waals surface area contributed by atoms with Gasteiger partial charge in [0.2, 0.25) is 11.8 Å². The lowest BCUT2D eigenvalue weighted by Crippen LogP contribution is -2.27. The second-order valence-corrected chi connectivity index (χ2v) is 7.39. The molecule has 5 nitrogen and oxygen atoms in total. The molecule has 0 radical (unpaired) electrons. The van der Waals surface area contributed by atoms with Crippen LogP contribution in [0.5, 0.6) is 0 Å². The number of amides is 1. The van der Waals surface area contributed by atoms with E-state index in [1.165, 1.54) is 23.9 Å². The number of rotatable bonds is 6. The third-order valence-electron chi connectivity index (χ3n) is 3.58. The van der Waals surface area contributed by atoms with E-state index in [1.54, 1.807) is 24.1 Å². The number of hydrogen-bond acceptors (Lipinski definition) is 5. The Bertz CT molecular complexity index is 884. The van der Waals surface area contributed by atoms with Crippen LogP contribution in [0.4, 0.5) is 4.39 Å². The highest BCUT2D eigenvalue weighted by Crippen LogP contribution is 2.23. The van der Waals surface area contributed by atoms with Gasteiger partial charge in [-0.1, -0.05) is 39.8 Å². The maximum absolute atomic E-state index is 13.0. The van der Waals surface area contributed by atoms with E-state index in [9.17, 15) is 9.18 Å². The quantitative estimate of drug-likeness (QED) is 0.537. The predicted octanol–water partition coefficient (Wildman–Crippen LogP) is 4.39. The maximum atomic E-state index is 13.0. The van der Waals surface area contributed by atoms with Crippen molar-refractivity contribution in [2.24, 2.45) is 0 Å². The van der Waals surface area contributed by atoms with Crippen LogP contribution in [0.1, 0.15) is 5.56 Å². The lowest BCUT2D eigenvalue weighted by molar-refractivity contribution is -0.127. The van der Waals surface area contributed by atoms with Crippen molar-refractivity contribution in [3.8, 4) is 11.5 Å². The van der Waals surface area contributed by atoms with E-state index < -0.39 is 0 Å². The normalized spacial score (nSPS) is 10.7. The number of hydrogen-bond donors (Lipinski definition) is 0. The first-order valence-electron chi connectivity index (χ1n) is 7.72. The van der Waals surface area contributed by atoms with Crippen molar-refractivity contribution in [2.75, 3.05) is 12.8 Å². The summed E-state index contributed by atoms with van der Waals surface area (Å²) in [4.78, 5) is 13.9. The fourth-order valence-electron chi connectivity index (χ4n) is 2.16. The Kier molecular flexibility index (Phi) is 6.05. The SMILES string of the molecule is CN(Cc1ccc(Br)cc1)C(=O)CSc1nnc(-c2ccc(F)cc2)o1. The van der Waals surface area contributed by atoms with Crippen molar-refractivity contribution in [3.05, 3.63) is 64.4 Å². The van der Waals surface area contributed by atoms with Gasteiger partial charge in [0.1, 0.15) is 5.82 Å². The van der Waals surface area contributed by atoms with Crippen LogP contribution in [-0.4, -0.2) is 33.8 Å². The molecule has 26 heavy (non-hydrogen) atoms. The molecule has 0 spiro atoms. The summed E-state index contributed by atoms with van der Waals surface area (Å²) < 4.78 is 19.5. The Morgan fingerprint density at radius 3 is 2.54 bits per heavy atom. The summed E-state index contributed by atoms with van der Waals surface area (Å²) >= 11 is 4.56. The van der Waals surface area contributed by atoms with E-state index >= 15 is 0 Å². The highest BCUT2D eigenvalue weighted by atomic mass is 79.9. The number of halogens is 2. The van der Waals surface area contributed by atoms with Gasteiger partial charge in [-0.15, -0.1) is 10.2 Å². The zero-order valence-corrected chi connectivity index (χ0v) is 16.3. The molecule has 8 heteroatoms. The molecule has 0 atom stereocenters. The van der Waals surface area contributed by atoms with E-state index in [-0.39, 0.29) is 17.5 Å². The van der Waals surface area contributed by atoms with Crippen LogP contribution < -0.4 is 0 Å². The van der Waals surface area contributed by atoms with Gasteiger partial charge in [0.15, 0.2) is 0 Å². The molecular formula is C18H15BrFN3O2S. The molecule has 1 aromatic heterocycles. The minimum absolute atomic E-state index is 0.0422. The van der Waals surface area contributed by atoms with Gasteiger partial charge in [0, 0.05) is 23.6 Å². The van der Waals surface area contributed by atoms with Crippen LogP contribution in [0.25, 0.3) is 11.5 Å². The summed E-state index contributed by atoms with van der Waals surface area (Å²) in [5, 5.41) is 8.14. The largest absolute Gasteiger partial charge is 0.411 e. The number of nitrogens with zero attached hydrogens (tertiary/aromatic N) is 3. The van der Waals surface area contributed by atoms with Crippen molar-refractivity contribution in [1.29, 1.82) is 0 Å². The van der Waals surface area contributed by atoms with E-state index in [0.29, 0.717) is 23.2 Å². The van der Waals surface area contributed by atoms with Crippen molar-refractivity contribution in [2.45, 2.75) is 11.8 Å². The molecule has 0 N–H and O–H groups in total. The summed E-state index contributed by atoms with van der Waals surface area (Å²) in [5.74, 6) is 0.114. The van der Waals surface area contributed by atoms with Gasteiger partial charge in [-0.05, 0) is 42.0 Å². The number of carbonyl (C=O) groups is 1. The molecule has 134 valence electrons. The lowest BCUT2D eigenvalue weighted by atomic mass is 10.2. The summed E-state index contributed by atoms with van der Waals surface area (Å²) in [7, 11) is 1.75. The van der Waals surface area contributed by atoms with E-state index in [1.807, 2.05) is 24.3 Å². The second-order valence-electron chi connectivity index (χ2n) is 5.54. The minimum Gasteiger partial charge on any atom is -0.411 e. The Morgan fingerprint density at radius 2 is 1.85 bits per heavy atom. The summed E-state index contributed by atoms with van der Waals surface area (Å²) in [6.07, 6.45) is 0. The Morgan fingerprint density at radius 1 is 1.15 bits per heavy atom. The summed E-state index contributed by atoms with van der Waals surface area (Å²) in [6, 6.07) is 13.6. The van der Waals surface area contributed by atoms with Crippen LogP contribution in [0.15, 0.2) is 62.6 Å². The number of carbonyl (C=O) groups excluding carboxylic acids is 1. The molecule has 1 amide bonds. The van der Waals surface area contributed by atoms with Crippen LogP contribution in [0.3, 0.4) is 0 Å². The Balaban J connectivity index is 1.54. The zero-order chi connectivity index (χ0) is 18.5. The fraction of sp³-hybridized carbons (Fsp3) is 0.167. The van der Waals surface area contributed by atoms with Gasteiger partial charge < -0.3 is 9.32 Å². The molecule has 0 aliphatic carbocycles. The third kappa shape index (κ3) is 4.92. The summed E-state index contributed by atoms with van der Waals surface area (Å²) in [6.45, 7) is 0.525. The molecule has 3 aromatic rings. The van der Waals surface area contributed by atoms with Gasteiger partial charge in [-0.25, -0.2) is 4.39 Å². The number of benzene rings is 2. The average molecular weight is 436 g/mol. The van der Waals surface area contributed by atoms with Gasteiger partial charge in [0.25, 0.3) is 5.22 Å². The number of thioether (sulfide) groups is 1. The molecule has 0 saturated heterocycles. The molecule has 1 heterocycles. The van der Waals surface area contributed by atoms with Gasteiger partial charge in [-0.2, -0.15) is 0 Å². The smallest absolute Gasteiger partial charge is 0.277 e. The molecule has 2 aromatic carbocycles. The lowest BCUT2D eigenvalue weighted by Gasteiger charge is -2.16. The first-order chi connectivity index (χ1) is 12.5. The van der Waals surface area contributed by atoms with Gasteiger partial charge in [-0.3, -0.25) is 4.79 Å². The minimum atomic E-state index is -0.331. The van der Waals surface area contributed by atoms with Crippen LogP contribution in [0, 0.1) is 5.82 Å². The van der Waals surface area contributed by atoms with Gasteiger partial charge >= 0.3 is 0 Å². The van der Waals surface area contributed by atoms with Crippen molar-refractivity contribution in [1.82, 2.24) is 15.1 Å². The fourth-order valence-corrected chi connectivity index (χ4v) is 3.13. The zero-order valence-electron chi connectivity index (χ0n) is 13.9. The van der Waals surface area contributed by atoms with Crippen LogP contribution in [-0.2, 0) is 11.3 Å². The highest BCUT2D eigenvalue weighted by molar-refractivity contribution is 9.10. The molecule has 0 bridgehead atoms. The van der Waals surface area contributed by atoms with E-state index in [2.05, 4.69) is 26.1 Å². The van der Waals surface area contributed by atoms with Crippen molar-refractivity contribution < 1.29 is 13.6 Å².